The van der Waals surface area contributed by atoms with E-state index in [9.17, 15) is 0 Å². The molecule has 1 aromatic rings. The molecule has 1 N–H and O–H groups in total. The third-order valence-corrected chi connectivity index (χ3v) is 3.04. The van der Waals surface area contributed by atoms with Crippen LogP contribution in [0.5, 0.6) is 0 Å². The van der Waals surface area contributed by atoms with E-state index in [2.05, 4.69) is 57.3 Å². The van der Waals surface area contributed by atoms with Gasteiger partial charge in [0.05, 0.1) is 11.6 Å². The number of rotatable bonds is 5. The van der Waals surface area contributed by atoms with Crippen molar-refractivity contribution in [1.29, 1.82) is 0 Å². The summed E-state index contributed by atoms with van der Waals surface area (Å²) in [7, 11) is 1.76. The van der Waals surface area contributed by atoms with Gasteiger partial charge in [-0.15, -0.1) is 0 Å². The van der Waals surface area contributed by atoms with Gasteiger partial charge in [0.15, 0.2) is 0 Å². The Hall–Kier alpha value is -0.860. The number of methoxy groups -OCH3 is 1. The largest absolute Gasteiger partial charge is 0.377 e. The van der Waals surface area contributed by atoms with Gasteiger partial charge in [-0.05, 0) is 32.9 Å². The van der Waals surface area contributed by atoms with Crippen LogP contribution in [-0.4, -0.2) is 19.3 Å². The summed E-state index contributed by atoms with van der Waals surface area (Å²) in [6, 6.07) is 8.85. The maximum Gasteiger partial charge on any atom is 0.0816 e. The Morgan fingerprint density at radius 3 is 2.25 bits per heavy atom. The molecule has 0 aliphatic heterocycles. The van der Waals surface area contributed by atoms with Crippen molar-refractivity contribution in [2.45, 2.75) is 39.3 Å². The molecule has 0 bridgehead atoms. The summed E-state index contributed by atoms with van der Waals surface area (Å²) >= 11 is 0. The topological polar surface area (TPSA) is 21.3 Å². The van der Waals surface area contributed by atoms with Gasteiger partial charge in [-0.1, -0.05) is 36.8 Å². The fourth-order valence-corrected chi connectivity index (χ4v) is 1.85. The van der Waals surface area contributed by atoms with Gasteiger partial charge < -0.3 is 10.1 Å². The third-order valence-electron chi connectivity index (χ3n) is 3.04. The number of aryl methyl sites for hydroxylation is 1. The van der Waals surface area contributed by atoms with Crippen LogP contribution in [0.25, 0.3) is 0 Å². The van der Waals surface area contributed by atoms with Crippen LogP contribution in [0.15, 0.2) is 24.3 Å². The van der Waals surface area contributed by atoms with Crippen LogP contribution in [0.3, 0.4) is 0 Å². The van der Waals surface area contributed by atoms with Gasteiger partial charge in [-0.25, -0.2) is 0 Å². The second-order valence-corrected chi connectivity index (χ2v) is 4.71. The number of nitrogens with one attached hydrogen (secondary N) is 1. The molecule has 0 aromatic heterocycles. The van der Waals surface area contributed by atoms with Gasteiger partial charge in [0.2, 0.25) is 0 Å². The molecule has 0 fully saturated rings. The quantitative estimate of drug-likeness (QED) is 0.825. The normalized spacial score (nSPS) is 13.8. The standard InChI is InChI=1S/C14H23NO/c1-6-15-13(14(3,4)16-5)12-9-7-11(2)8-10-12/h7-10,13,15H,6H2,1-5H3. The van der Waals surface area contributed by atoms with Crippen molar-refractivity contribution in [1.82, 2.24) is 5.32 Å². The van der Waals surface area contributed by atoms with E-state index in [1.165, 1.54) is 11.1 Å². The first-order chi connectivity index (χ1) is 7.51. The molecule has 0 radical (unpaired) electrons. The average molecular weight is 221 g/mol. The molecule has 90 valence electrons. The SMILES string of the molecule is CCNC(c1ccc(C)cc1)C(C)(C)OC. The minimum atomic E-state index is -0.203. The molecule has 2 nitrogen and oxygen atoms in total. The van der Waals surface area contributed by atoms with Gasteiger partial charge in [0.1, 0.15) is 0 Å². The molecule has 1 rings (SSSR count). The van der Waals surface area contributed by atoms with Crippen molar-refractivity contribution < 1.29 is 4.74 Å². The van der Waals surface area contributed by atoms with E-state index in [4.69, 9.17) is 4.74 Å². The number of benzene rings is 1. The van der Waals surface area contributed by atoms with Gasteiger partial charge in [0, 0.05) is 7.11 Å². The Bertz CT molecular complexity index is 316. The summed E-state index contributed by atoms with van der Waals surface area (Å²) in [4.78, 5) is 0. The maximum atomic E-state index is 5.57. The van der Waals surface area contributed by atoms with Gasteiger partial charge in [-0.3, -0.25) is 0 Å². The number of hydrogen-bond donors (Lipinski definition) is 1. The fourth-order valence-electron chi connectivity index (χ4n) is 1.85. The predicted molar refractivity (Wildman–Crippen MR) is 68.7 cm³/mol. The summed E-state index contributed by atoms with van der Waals surface area (Å²) in [6.07, 6.45) is 0. The van der Waals surface area contributed by atoms with Crippen LogP contribution in [0.1, 0.15) is 37.9 Å². The van der Waals surface area contributed by atoms with E-state index in [1.54, 1.807) is 7.11 Å². The van der Waals surface area contributed by atoms with Crippen molar-refractivity contribution in [3.05, 3.63) is 35.4 Å². The van der Waals surface area contributed by atoms with Crippen molar-refractivity contribution in [2.75, 3.05) is 13.7 Å². The molecule has 1 aromatic carbocycles. The van der Waals surface area contributed by atoms with E-state index in [-0.39, 0.29) is 11.6 Å². The number of hydrogen-bond acceptors (Lipinski definition) is 2. The highest BCUT2D eigenvalue weighted by atomic mass is 16.5. The molecule has 0 saturated heterocycles. The molecule has 0 aliphatic rings. The lowest BCUT2D eigenvalue weighted by atomic mass is 9.91. The molecular formula is C14H23NO. The second-order valence-electron chi connectivity index (χ2n) is 4.71. The average Bonchev–Trinajstić information content (AvgIpc) is 2.27. The van der Waals surface area contributed by atoms with Crippen LogP contribution in [0, 0.1) is 6.92 Å². The molecule has 0 heterocycles. The van der Waals surface area contributed by atoms with Crippen LogP contribution in [0.2, 0.25) is 0 Å². The number of likely N-dealkylation sites (N-methyl/N-ethyl adjacent to an activating group) is 1. The summed E-state index contributed by atoms with van der Waals surface area (Å²) in [5.41, 5.74) is 2.36. The first kappa shape index (κ1) is 13.2. The lowest BCUT2D eigenvalue weighted by molar-refractivity contribution is -0.0106. The van der Waals surface area contributed by atoms with Crippen molar-refractivity contribution in [3.63, 3.8) is 0 Å². The Morgan fingerprint density at radius 1 is 1.25 bits per heavy atom. The molecule has 0 saturated carbocycles. The lowest BCUT2D eigenvalue weighted by Crippen LogP contribution is -2.40. The fraction of sp³-hybridized carbons (Fsp3) is 0.571. The first-order valence-corrected chi connectivity index (χ1v) is 5.86. The Balaban J connectivity index is 2.97. The highest BCUT2D eigenvalue weighted by Gasteiger charge is 2.29. The molecule has 16 heavy (non-hydrogen) atoms. The van der Waals surface area contributed by atoms with E-state index in [0.717, 1.165) is 6.54 Å². The van der Waals surface area contributed by atoms with Crippen molar-refractivity contribution >= 4 is 0 Å². The van der Waals surface area contributed by atoms with Crippen LogP contribution in [-0.2, 0) is 4.74 Å². The predicted octanol–water partition coefficient (Wildman–Crippen LogP) is 3.07. The molecule has 1 atom stereocenters. The highest BCUT2D eigenvalue weighted by molar-refractivity contribution is 5.26. The van der Waals surface area contributed by atoms with Crippen LogP contribution in [0.4, 0.5) is 0 Å². The smallest absolute Gasteiger partial charge is 0.0816 e. The molecular weight excluding hydrogens is 198 g/mol. The Morgan fingerprint density at radius 2 is 1.81 bits per heavy atom. The van der Waals surface area contributed by atoms with Crippen molar-refractivity contribution in [3.8, 4) is 0 Å². The van der Waals surface area contributed by atoms with E-state index in [0.29, 0.717) is 0 Å². The van der Waals surface area contributed by atoms with E-state index < -0.39 is 0 Å². The van der Waals surface area contributed by atoms with Gasteiger partial charge in [-0.2, -0.15) is 0 Å². The van der Waals surface area contributed by atoms with Crippen LogP contribution >= 0.6 is 0 Å². The monoisotopic (exact) mass is 221 g/mol. The van der Waals surface area contributed by atoms with E-state index in [1.807, 2.05) is 0 Å². The summed E-state index contributed by atoms with van der Waals surface area (Å²) < 4.78 is 5.57. The third kappa shape index (κ3) is 3.06. The zero-order chi connectivity index (χ0) is 12.2. The minimum Gasteiger partial charge on any atom is -0.377 e. The molecule has 0 spiro atoms. The second kappa shape index (κ2) is 5.46. The molecule has 2 heteroatoms. The summed E-state index contributed by atoms with van der Waals surface area (Å²) in [5, 5.41) is 3.48. The van der Waals surface area contributed by atoms with Gasteiger partial charge in [0.25, 0.3) is 0 Å². The Kier molecular flexibility index (Phi) is 4.51. The maximum absolute atomic E-state index is 5.57. The first-order valence-electron chi connectivity index (χ1n) is 5.86. The summed E-state index contributed by atoms with van der Waals surface area (Å²) in [6.45, 7) is 9.38. The molecule has 0 aliphatic carbocycles. The Labute approximate surface area is 99.0 Å². The lowest BCUT2D eigenvalue weighted by Gasteiger charge is -2.34. The minimum absolute atomic E-state index is 0.203. The number of ether oxygens (including phenoxy) is 1. The molecule has 0 amide bonds. The highest BCUT2D eigenvalue weighted by Crippen LogP contribution is 2.28. The van der Waals surface area contributed by atoms with Crippen LogP contribution < -0.4 is 5.32 Å². The van der Waals surface area contributed by atoms with Gasteiger partial charge >= 0.3 is 0 Å². The zero-order valence-corrected chi connectivity index (χ0v) is 11.0. The summed E-state index contributed by atoms with van der Waals surface area (Å²) in [5.74, 6) is 0. The van der Waals surface area contributed by atoms with Crippen molar-refractivity contribution in [2.24, 2.45) is 0 Å². The zero-order valence-electron chi connectivity index (χ0n) is 11.0. The molecule has 1 unspecified atom stereocenters. The van der Waals surface area contributed by atoms with E-state index >= 15 is 0 Å².